The van der Waals surface area contributed by atoms with Crippen LogP contribution in [0, 0.1) is 0 Å². The van der Waals surface area contributed by atoms with Gasteiger partial charge >= 0.3 is 0 Å². The molecular formula is C8H11NO2. The van der Waals surface area contributed by atoms with Crippen LogP contribution in [0.1, 0.15) is 25.6 Å². The molecule has 0 aliphatic carbocycles. The van der Waals surface area contributed by atoms with Gasteiger partial charge in [-0.25, -0.2) is 0 Å². The topological polar surface area (TPSA) is 42.2 Å². The van der Waals surface area contributed by atoms with E-state index in [1.54, 1.807) is 12.3 Å². The van der Waals surface area contributed by atoms with E-state index in [9.17, 15) is 4.79 Å². The minimum absolute atomic E-state index is 0.0394. The van der Waals surface area contributed by atoms with Crippen molar-refractivity contribution in [3.05, 3.63) is 24.2 Å². The minimum atomic E-state index is -0.0473. The Morgan fingerprint density at radius 3 is 2.91 bits per heavy atom. The standard InChI is InChI=1S/C8H11NO2/c1-6(9-7(2)10)8-4-3-5-11-8/h3-6H,1-2H3,(H,9,10)/t6-/m0/s1. The summed E-state index contributed by atoms with van der Waals surface area (Å²) >= 11 is 0. The summed E-state index contributed by atoms with van der Waals surface area (Å²) in [5.74, 6) is 0.731. The summed E-state index contributed by atoms with van der Waals surface area (Å²) in [6.45, 7) is 3.36. The van der Waals surface area contributed by atoms with E-state index in [1.165, 1.54) is 6.92 Å². The molecule has 0 aliphatic rings. The molecule has 11 heavy (non-hydrogen) atoms. The predicted octanol–water partition coefficient (Wildman–Crippen LogP) is 1.48. The molecule has 0 spiro atoms. The van der Waals surface area contributed by atoms with E-state index in [0.29, 0.717) is 0 Å². The van der Waals surface area contributed by atoms with Crippen molar-refractivity contribution >= 4 is 5.91 Å². The number of furan rings is 1. The summed E-state index contributed by atoms with van der Waals surface area (Å²) in [5, 5.41) is 2.71. The van der Waals surface area contributed by atoms with Crippen LogP contribution in [-0.2, 0) is 4.79 Å². The van der Waals surface area contributed by atoms with Gasteiger partial charge in [-0.2, -0.15) is 0 Å². The number of carbonyl (C=O) groups is 1. The lowest BCUT2D eigenvalue weighted by molar-refractivity contribution is -0.119. The van der Waals surface area contributed by atoms with Crippen LogP contribution < -0.4 is 5.32 Å². The SMILES string of the molecule is CC(=O)N[C@@H](C)c1ccco1. The van der Waals surface area contributed by atoms with Gasteiger partial charge < -0.3 is 9.73 Å². The van der Waals surface area contributed by atoms with Crippen molar-refractivity contribution in [2.45, 2.75) is 19.9 Å². The highest BCUT2D eigenvalue weighted by Gasteiger charge is 2.07. The van der Waals surface area contributed by atoms with Crippen molar-refractivity contribution in [2.24, 2.45) is 0 Å². The molecule has 1 N–H and O–H groups in total. The van der Waals surface area contributed by atoms with Gasteiger partial charge in [0, 0.05) is 6.92 Å². The molecule has 1 amide bonds. The summed E-state index contributed by atoms with van der Waals surface area (Å²) in [7, 11) is 0. The van der Waals surface area contributed by atoms with E-state index < -0.39 is 0 Å². The third-order valence-corrected chi connectivity index (χ3v) is 1.39. The normalized spacial score (nSPS) is 12.5. The van der Waals surface area contributed by atoms with Crippen LogP contribution in [-0.4, -0.2) is 5.91 Å². The Kier molecular flexibility index (Phi) is 2.31. The Bertz CT molecular complexity index is 228. The second-order valence-corrected chi connectivity index (χ2v) is 2.44. The molecular weight excluding hydrogens is 142 g/mol. The summed E-state index contributed by atoms with van der Waals surface area (Å²) in [6, 6.07) is 3.59. The molecule has 0 unspecified atom stereocenters. The van der Waals surface area contributed by atoms with Gasteiger partial charge in [-0.05, 0) is 19.1 Å². The van der Waals surface area contributed by atoms with E-state index in [1.807, 2.05) is 13.0 Å². The summed E-state index contributed by atoms with van der Waals surface area (Å²) in [5.41, 5.74) is 0. The fourth-order valence-corrected chi connectivity index (χ4v) is 0.914. The van der Waals surface area contributed by atoms with Gasteiger partial charge in [0.25, 0.3) is 0 Å². The zero-order valence-electron chi connectivity index (χ0n) is 6.63. The van der Waals surface area contributed by atoms with Crippen molar-refractivity contribution in [1.82, 2.24) is 5.32 Å². The van der Waals surface area contributed by atoms with Crippen molar-refractivity contribution in [3.8, 4) is 0 Å². The van der Waals surface area contributed by atoms with Gasteiger partial charge in [0.1, 0.15) is 5.76 Å². The maximum atomic E-state index is 10.6. The monoisotopic (exact) mass is 153 g/mol. The molecule has 1 heterocycles. The van der Waals surface area contributed by atoms with Gasteiger partial charge in [0.15, 0.2) is 0 Å². The Hall–Kier alpha value is -1.25. The van der Waals surface area contributed by atoms with E-state index in [-0.39, 0.29) is 11.9 Å². The quantitative estimate of drug-likeness (QED) is 0.699. The highest BCUT2D eigenvalue weighted by molar-refractivity contribution is 5.73. The van der Waals surface area contributed by atoms with Gasteiger partial charge in [-0.1, -0.05) is 0 Å². The zero-order chi connectivity index (χ0) is 8.27. The third kappa shape index (κ3) is 2.11. The fourth-order valence-electron chi connectivity index (χ4n) is 0.914. The fraction of sp³-hybridized carbons (Fsp3) is 0.375. The Morgan fingerprint density at radius 1 is 1.73 bits per heavy atom. The Morgan fingerprint density at radius 2 is 2.45 bits per heavy atom. The lowest BCUT2D eigenvalue weighted by Crippen LogP contribution is -2.23. The molecule has 1 atom stereocenters. The molecule has 0 radical (unpaired) electrons. The molecule has 1 aromatic heterocycles. The highest BCUT2D eigenvalue weighted by atomic mass is 16.3. The maximum Gasteiger partial charge on any atom is 0.217 e. The van der Waals surface area contributed by atoms with Crippen molar-refractivity contribution in [1.29, 1.82) is 0 Å². The molecule has 0 saturated heterocycles. The molecule has 60 valence electrons. The van der Waals surface area contributed by atoms with Gasteiger partial charge in [-0.15, -0.1) is 0 Å². The summed E-state index contributed by atoms with van der Waals surface area (Å²) in [4.78, 5) is 10.6. The van der Waals surface area contributed by atoms with Crippen LogP contribution in [0.15, 0.2) is 22.8 Å². The Balaban J connectivity index is 2.56. The maximum absolute atomic E-state index is 10.6. The van der Waals surface area contributed by atoms with Crippen molar-refractivity contribution in [3.63, 3.8) is 0 Å². The van der Waals surface area contributed by atoms with E-state index in [2.05, 4.69) is 5.32 Å². The third-order valence-electron chi connectivity index (χ3n) is 1.39. The van der Waals surface area contributed by atoms with Gasteiger partial charge in [-0.3, -0.25) is 4.79 Å². The smallest absolute Gasteiger partial charge is 0.217 e. The zero-order valence-corrected chi connectivity index (χ0v) is 6.63. The number of hydrogen-bond donors (Lipinski definition) is 1. The van der Waals surface area contributed by atoms with Crippen molar-refractivity contribution in [2.75, 3.05) is 0 Å². The first-order valence-corrected chi connectivity index (χ1v) is 3.50. The summed E-state index contributed by atoms with van der Waals surface area (Å²) < 4.78 is 5.08. The van der Waals surface area contributed by atoms with E-state index in [4.69, 9.17) is 4.42 Å². The number of nitrogens with one attached hydrogen (secondary N) is 1. The molecule has 3 nitrogen and oxygen atoms in total. The molecule has 0 aliphatic heterocycles. The van der Waals surface area contributed by atoms with E-state index in [0.717, 1.165) is 5.76 Å². The van der Waals surface area contributed by atoms with Crippen LogP contribution in [0.25, 0.3) is 0 Å². The molecule has 1 rings (SSSR count). The Labute approximate surface area is 65.4 Å². The summed E-state index contributed by atoms with van der Waals surface area (Å²) in [6.07, 6.45) is 1.59. The van der Waals surface area contributed by atoms with Crippen LogP contribution in [0.4, 0.5) is 0 Å². The van der Waals surface area contributed by atoms with Gasteiger partial charge in [0.2, 0.25) is 5.91 Å². The first-order valence-electron chi connectivity index (χ1n) is 3.50. The lowest BCUT2D eigenvalue weighted by Gasteiger charge is -2.07. The second-order valence-electron chi connectivity index (χ2n) is 2.44. The number of rotatable bonds is 2. The van der Waals surface area contributed by atoms with Gasteiger partial charge in [0.05, 0.1) is 12.3 Å². The predicted molar refractivity (Wildman–Crippen MR) is 40.9 cm³/mol. The largest absolute Gasteiger partial charge is 0.467 e. The highest BCUT2D eigenvalue weighted by Crippen LogP contribution is 2.11. The van der Waals surface area contributed by atoms with Crippen LogP contribution in [0.2, 0.25) is 0 Å². The van der Waals surface area contributed by atoms with Crippen LogP contribution in [0.3, 0.4) is 0 Å². The molecule has 1 aromatic rings. The van der Waals surface area contributed by atoms with Crippen LogP contribution in [0.5, 0.6) is 0 Å². The molecule has 0 aromatic carbocycles. The minimum Gasteiger partial charge on any atom is -0.467 e. The average Bonchev–Trinajstić information content (AvgIpc) is 2.35. The number of hydrogen-bond acceptors (Lipinski definition) is 2. The number of amides is 1. The lowest BCUT2D eigenvalue weighted by atomic mass is 10.2. The molecule has 0 saturated carbocycles. The average molecular weight is 153 g/mol. The molecule has 0 bridgehead atoms. The molecule has 0 fully saturated rings. The first-order chi connectivity index (χ1) is 5.20. The van der Waals surface area contributed by atoms with E-state index >= 15 is 0 Å². The second kappa shape index (κ2) is 3.23. The molecule has 3 heteroatoms. The van der Waals surface area contributed by atoms with Crippen LogP contribution >= 0.6 is 0 Å². The number of carbonyl (C=O) groups excluding carboxylic acids is 1. The van der Waals surface area contributed by atoms with Crippen molar-refractivity contribution < 1.29 is 9.21 Å². The first kappa shape index (κ1) is 7.85.